The summed E-state index contributed by atoms with van der Waals surface area (Å²) in [6.07, 6.45) is 0.175. The number of hydrogen-bond acceptors (Lipinski definition) is 2. The van der Waals surface area contributed by atoms with Crippen LogP contribution in [0.4, 0.5) is 0 Å². The van der Waals surface area contributed by atoms with Crippen LogP contribution in [0, 0.1) is 3.57 Å². The Hall–Kier alpha value is -0.140. The maximum atomic E-state index is 12.4. The van der Waals surface area contributed by atoms with E-state index in [9.17, 15) is 4.79 Å². The Bertz CT molecular complexity index is 441. The van der Waals surface area contributed by atoms with Crippen molar-refractivity contribution in [2.24, 2.45) is 0 Å². The fourth-order valence-corrected chi connectivity index (χ4v) is 3.00. The third kappa shape index (κ3) is 3.45. The molecule has 0 bridgehead atoms. The maximum absolute atomic E-state index is 12.4. The van der Waals surface area contributed by atoms with Gasteiger partial charge in [-0.25, -0.2) is 0 Å². The third-order valence-corrected chi connectivity index (χ3v) is 4.25. The van der Waals surface area contributed by atoms with Gasteiger partial charge in [-0.3, -0.25) is 4.79 Å². The fraction of sp³-hybridized carbons (Fsp3) is 0.462. The Kier molecular flexibility index (Phi) is 5.03. The van der Waals surface area contributed by atoms with E-state index in [1.807, 2.05) is 36.1 Å². The van der Waals surface area contributed by atoms with Crippen molar-refractivity contribution in [3.63, 3.8) is 0 Å². The molecule has 0 aromatic heterocycles. The molecule has 1 fully saturated rings. The monoisotopic (exact) mass is 423 g/mol. The summed E-state index contributed by atoms with van der Waals surface area (Å²) in [7, 11) is 0. The van der Waals surface area contributed by atoms with Gasteiger partial charge in [-0.05, 0) is 47.7 Å². The van der Waals surface area contributed by atoms with E-state index in [0.29, 0.717) is 13.1 Å². The third-order valence-electron chi connectivity index (χ3n) is 2.86. The second-order valence-corrected chi connectivity index (χ2v) is 6.34. The molecule has 1 heterocycles. The summed E-state index contributed by atoms with van der Waals surface area (Å²) in [5, 5.41) is 0.757. The van der Waals surface area contributed by atoms with Gasteiger partial charge in [0.2, 0.25) is 0 Å². The Morgan fingerprint density at radius 3 is 3.00 bits per heavy atom. The summed E-state index contributed by atoms with van der Waals surface area (Å²) < 4.78 is 6.81. The highest BCUT2D eigenvalue weighted by molar-refractivity contribution is 14.1. The number of nitrogens with zero attached hydrogens (tertiary/aromatic N) is 1. The zero-order chi connectivity index (χ0) is 13.1. The van der Waals surface area contributed by atoms with Crippen molar-refractivity contribution >= 4 is 44.4 Å². The molecule has 2 rings (SSSR count). The van der Waals surface area contributed by atoms with E-state index < -0.39 is 0 Å². The molecule has 2 unspecified atom stereocenters. The molecule has 1 aliphatic heterocycles. The number of ether oxygens (including phenoxy) is 1. The molecule has 1 aliphatic rings. The number of morpholine rings is 1. The van der Waals surface area contributed by atoms with Crippen molar-refractivity contribution in [1.82, 2.24) is 4.90 Å². The fourth-order valence-electron chi connectivity index (χ4n) is 2.10. The summed E-state index contributed by atoms with van der Waals surface area (Å²) in [6.45, 7) is 3.32. The number of alkyl halides is 1. The molecule has 3 nitrogen and oxygen atoms in total. The van der Waals surface area contributed by atoms with Crippen LogP contribution in [0.15, 0.2) is 24.3 Å². The van der Waals surface area contributed by atoms with Gasteiger partial charge in [-0.15, -0.1) is 0 Å². The zero-order valence-electron chi connectivity index (χ0n) is 10.1. The van der Waals surface area contributed by atoms with Gasteiger partial charge in [-0.1, -0.05) is 22.0 Å². The van der Waals surface area contributed by atoms with Crippen LogP contribution in [0.2, 0.25) is 0 Å². The quantitative estimate of drug-likeness (QED) is 0.540. The van der Waals surface area contributed by atoms with Crippen LogP contribution < -0.4 is 0 Å². The van der Waals surface area contributed by atoms with Crippen molar-refractivity contribution < 1.29 is 9.53 Å². The van der Waals surface area contributed by atoms with Gasteiger partial charge in [0.1, 0.15) is 0 Å². The van der Waals surface area contributed by atoms with E-state index in [1.165, 1.54) is 0 Å². The smallest absolute Gasteiger partial charge is 0.254 e. The molecule has 2 atom stereocenters. The minimum Gasteiger partial charge on any atom is -0.371 e. The lowest BCUT2D eigenvalue weighted by Crippen LogP contribution is -2.49. The van der Waals surface area contributed by atoms with E-state index in [-0.39, 0.29) is 18.1 Å². The van der Waals surface area contributed by atoms with Gasteiger partial charge in [0.05, 0.1) is 12.2 Å². The van der Waals surface area contributed by atoms with Crippen LogP contribution in [0.25, 0.3) is 0 Å². The van der Waals surface area contributed by atoms with Gasteiger partial charge in [0.25, 0.3) is 5.91 Å². The first-order valence-electron chi connectivity index (χ1n) is 5.86. The van der Waals surface area contributed by atoms with E-state index in [0.717, 1.165) is 14.5 Å². The first-order chi connectivity index (χ1) is 8.60. The largest absolute Gasteiger partial charge is 0.371 e. The molecule has 98 valence electrons. The lowest BCUT2D eigenvalue weighted by molar-refractivity contribution is -0.0559. The highest BCUT2D eigenvalue weighted by Crippen LogP contribution is 2.17. The van der Waals surface area contributed by atoms with Gasteiger partial charge >= 0.3 is 0 Å². The van der Waals surface area contributed by atoms with Gasteiger partial charge in [0, 0.05) is 27.6 Å². The number of benzene rings is 1. The average molecular weight is 424 g/mol. The SMILES string of the molecule is CC1CN(C(=O)c2cccc(I)c2)CC(CBr)O1. The van der Waals surface area contributed by atoms with Crippen molar-refractivity contribution in [2.75, 3.05) is 18.4 Å². The Morgan fingerprint density at radius 2 is 2.33 bits per heavy atom. The second kappa shape index (κ2) is 6.34. The molecule has 1 aromatic carbocycles. The number of carbonyl (C=O) groups is 1. The molecule has 5 heteroatoms. The minimum absolute atomic E-state index is 0.0838. The molecule has 18 heavy (non-hydrogen) atoms. The summed E-state index contributed by atoms with van der Waals surface area (Å²) in [6, 6.07) is 7.70. The molecule has 1 saturated heterocycles. The van der Waals surface area contributed by atoms with Crippen molar-refractivity contribution in [3.05, 3.63) is 33.4 Å². The van der Waals surface area contributed by atoms with Gasteiger partial charge < -0.3 is 9.64 Å². The van der Waals surface area contributed by atoms with Crippen LogP contribution in [0.5, 0.6) is 0 Å². The molecule has 0 radical (unpaired) electrons. The maximum Gasteiger partial charge on any atom is 0.254 e. The number of rotatable bonds is 2. The zero-order valence-corrected chi connectivity index (χ0v) is 13.8. The number of carbonyl (C=O) groups excluding carboxylic acids is 1. The lowest BCUT2D eigenvalue weighted by atomic mass is 10.1. The highest BCUT2D eigenvalue weighted by Gasteiger charge is 2.28. The topological polar surface area (TPSA) is 29.5 Å². The summed E-state index contributed by atoms with van der Waals surface area (Å²) in [4.78, 5) is 14.3. The summed E-state index contributed by atoms with van der Waals surface area (Å²) in [5.74, 6) is 0.0922. The first kappa shape index (κ1) is 14.3. The molecule has 1 aromatic rings. The Labute approximate surface area is 129 Å². The molecule has 0 saturated carbocycles. The average Bonchev–Trinajstić information content (AvgIpc) is 2.37. The van der Waals surface area contributed by atoms with E-state index >= 15 is 0 Å². The van der Waals surface area contributed by atoms with Crippen molar-refractivity contribution in [3.8, 4) is 0 Å². The van der Waals surface area contributed by atoms with Crippen LogP contribution >= 0.6 is 38.5 Å². The molecular weight excluding hydrogens is 409 g/mol. The Morgan fingerprint density at radius 1 is 1.56 bits per heavy atom. The van der Waals surface area contributed by atoms with Crippen LogP contribution in [0.3, 0.4) is 0 Å². The minimum atomic E-state index is 0.0838. The van der Waals surface area contributed by atoms with Crippen LogP contribution in [-0.2, 0) is 4.74 Å². The molecular formula is C13H15BrINO2. The number of amides is 1. The van der Waals surface area contributed by atoms with Gasteiger partial charge in [-0.2, -0.15) is 0 Å². The first-order valence-corrected chi connectivity index (χ1v) is 8.06. The van der Waals surface area contributed by atoms with Crippen LogP contribution in [-0.4, -0.2) is 41.4 Å². The summed E-state index contributed by atoms with van der Waals surface area (Å²) >= 11 is 5.64. The van der Waals surface area contributed by atoms with Crippen LogP contribution in [0.1, 0.15) is 17.3 Å². The summed E-state index contributed by atoms with van der Waals surface area (Å²) in [5.41, 5.74) is 0.754. The predicted octanol–water partition coefficient (Wildman–Crippen LogP) is 2.92. The standard InChI is InChI=1S/C13H15BrINO2/c1-9-7-16(8-12(6-14)18-9)13(17)10-3-2-4-11(15)5-10/h2-5,9,12H,6-8H2,1H3. The molecule has 0 spiro atoms. The van der Waals surface area contributed by atoms with Crippen molar-refractivity contribution in [2.45, 2.75) is 19.1 Å². The number of halogens is 2. The molecule has 1 amide bonds. The van der Waals surface area contributed by atoms with E-state index in [2.05, 4.69) is 38.5 Å². The lowest BCUT2D eigenvalue weighted by Gasteiger charge is -2.36. The highest BCUT2D eigenvalue weighted by atomic mass is 127. The second-order valence-electron chi connectivity index (χ2n) is 4.44. The Balaban J connectivity index is 2.13. The van der Waals surface area contributed by atoms with Gasteiger partial charge in [0.15, 0.2) is 0 Å². The predicted molar refractivity (Wildman–Crippen MR) is 83.2 cm³/mol. The normalized spacial score (nSPS) is 24.1. The molecule has 0 aliphatic carbocycles. The van der Waals surface area contributed by atoms with E-state index in [1.54, 1.807) is 0 Å². The van der Waals surface area contributed by atoms with Crippen molar-refractivity contribution in [1.29, 1.82) is 0 Å². The number of hydrogen-bond donors (Lipinski definition) is 0. The van der Waals surface area contributed by atoms with E-state index in [4.69, 9.17) is 4.74 Å². The molecule has 0 N–H and O–H groups in total.